The number of pyridine rings is 1. The first-order valence-electron chi connectivity index (χ1n) is 6.11. The zero-order chi connectivity index (χ0) is 13.2. The molecule has 0 saturated heterocycles. The lowest BCUT2D eigenvalue weighted by atomic mass is 9.96. The summed E-state index contributed by atoms with van der Waals surface area (Å²) in [6.45, 7) is 0. The van der Waals surface area contributed by atoms with Crippen molar-refractivity contribution in [1.82, 2.24) is 9.29 Å². The second-order valence-electron chi connectivity index (χ2n) is 4.63. The Labute approximate surface area is 113 Å². The fourth-order valence-electron chi connectivity index (χ4n) is 2.35. The predicted molar refractivity (Wildman–Crippen MR) is 71.1 cm³/mol. The van der Waals surface area contributed by atoms with E-state index in [-0.39, 0.29) is 16.1 Å². The number of aromatic nitrogens is 1. The lowest BCUT2D eigenvalue weighted by Crippen LogP contribution is -2.38. The van der Waals surface area contributed by atoms with Crippen LogP contribution in [0, 0.1) is 0 Å². The second-order valence-corrected chi connectivity index (χ2v) is 7.01. The average Bonchev–Trinajstić information content (AvgIpc) is 2.39. The Kier molecular flexibility index (Phi) is 4.25. The van der Waals surface area contributed by atoms with Crippen molar-refractivity contribution in [3.05, 3.63) is 23.5 Å². The van der Waals surface area contributed by atoms with Crippen LogP contribution in [0.2, 0.25) is 5.15 Å². The number of hydrogen-bond acceptors (Lipinski definition) is 3. The van der Waals surface area contributed by atoms with Crippen LogP contribution in [0.15, 0.2) is 23.2 Å². The summed E-state index contributed by atoms with van der Waals surface area (Å²) in [6, 6.07) is 2.99. The Hall–Kier alpha value is -0.650. The normalized spacial score (nSPS) is 18.2. The molecule has 0 spiro atoms. The van der Waals surface area contributed by atoms with Crippen molar-refractivity contribution in [2.75, 3.05) is 7.05 Å². The smallest absolute Gasteiger partial charge is 0.243 e. The van der Waals surface area contributed by atoms with E-state index in [1.165, 1.54) is 29.1 Å². The predicted octanol–water partition coefficient (Wildman–Crippen LogP) is 2.69. The van der Waals surface area contributed by atoms with Gasteiger partial charge in [0, 0.05) is 19.3 Å². The van der Waals surface area contributed by atoms with Crippen molar-refractivity contribution in [1.29, 1.82) is 0 Å². The van der Waals surface area contributed by atoms with Crippen LogP contribution in [-0.2, 0) is 10.0 Å². The summed E-state index contributed by atoms with van der Waals surface area (Å²) >= 11 is 5.75. The van der Waals surface area contributed by atoms with Gasteiger partial charge in [-0.25, -0.2) is 13.4 Å². The van der Waals surface area contributed by atoms with Crippen LogP contribution in [0.25, 0.3) is 0 Å². The molecule has 2 rings (SSSR count). The summed E-state index contributed by atoms with van der Waals surface area (Å²) in [4.78, 5) is 4.03. The SMILES string of the molecule is CN(C1CCCCC1)S(=O)(=O)c1ccnc(Cl)c1. The third-order valence-corrected chi connectivity index (χ3v) is 5.58. The van der Waals surface area contributed by atoms with Crippen LogP contribution < -0.4 is 0 Å². The minimum absolute atomic E-state index is 0.107. The van der Waals surface area contributed by atoms with Gasteiger partial charge in [-0.2, -0.15) is 4.31 Å². The number of sulfonamides is 1. The molecule has 18 heavy (non-hydrogen) atoms. The first-order chi connectivity index (χ1) is 8.51. The summed E-state index contributed by atoms with van der Waals surface area (Å²) in [7, 11) is -1.80. The largest absolute Gasteiger partial charge is 0.244 e. The highest BCUT2D eigenvalue weighted by Gasteiger charge is 2.29. The van der Waals surface area contributed by atoms with Crippen LogP contribution in [0.1, 0.15) is 32.1 Å². The quantitative estimate of drug-likeness (QED) is 0.804. The molecule has 1 aromatic rings. The Morgan fingerprint density at radius 2 is 2.00 bits per heavy atom. The van der Waals surface area contributed by atoms with Crippen molar-refractivity contribution in [2.24, 2.45) is 0 Å². The molecule has 0 radical (unpaired) electrons. The van der Waals surface area contributed by atoms with E-state index >= 15 is 0 Å². The lowest BCUT2D eigenvalue weighted by Gasteiger charge is -2.30. The Morgan fingerprint density at radius 1 is 1.33 bits per heavy atom. The molecule has 1 heterocycles. The zero-order valence-corrected chi connectivity index (χ0v) is 11.9. The highest BCUT2D eigenvalue weighted by atomic mass is 35.5. The van der Waals surface area contributed by atoms with E-state index in [4.69, 9.17) is 11.6 Å². The Bertz CT molecular complexity index is 513. The summed E-state index contributed by atoms with van der Waals surface area (Å²) in [5.74, 6) is 0. The van der Waals surface area contributed by atoms with Crippen LogP contribution in [-0.4, -0.2) is 30.8 Å². The molecule has 6 heteroatoms. The van der Waals surface area contributed by atoms with Crippen LogP contribution >= 0.6 is 11.6 Å². The number of rotatable bonds is 3. The molecule has 4 nitrogen and oxygen atoms in total. The van der Waals surface area contributed by atoms with Gasteiger partial charge in [0.1, 0.15) is 5.15 Å². The lowest BCUT2D eigenvalue weighted by molar-refractivity contribution is 0.286. The molecule has 0 unspecified atom stereocenters. The molecule has 0 aromatic carbocycles. The average molecular weight is 289 g/mol. The maximum absolute atomic E-state index is 12.4. The van der Waals surface area contributed by atoms with Gasteiger partial charge in [0.15, 0.2) is 0 Å². The van der Waals surface area contributed by atoms with Gasteiger partial charge < -0.3 is 0 Å². The maximum atomic E-state index is 12.4. The number of halogens is 1. The molecule has 0 bridgehead atoms. The van der Waals surface area contributed by atoms with Crippen molar-refractivity contribution in [3.63, 3.8) is 0 Å². The Morgan fingerprint density at radius 3 is 2.61 bits per heavy atom. The third-order valence-electron chi connectivity index (χ3n) is 3.46. The summed E-state index contributed by atoms with van der Waals surface area (Å²) in [5.41, 5.74) is 0. The number of hydrogen-bond donors (Lipinski definition) is 0. The van der Waals surface area contributed by atoms with Gasteiger partial charge >= 0.3 is 0 Å². The monoisotopic (exact) mass is 288 g/mol. The van der Waals surface area contributed by atoms with Crippen LogP contribution in [0.4, 0.5) is 0 Å². The molecule has 0 aliphatic heterocycles. The molecule has 1 aromatic heterocycles. The van der Waals surface area contributed by atoms with Crippen molar-refractivity contribution >= 4 is 21.6 Å². The van der Waals surface area contributed by atoms with Gasteiger partial charge in [0.2, 0.25) is 10.0 Å². The highest BCUT2D eigenvalue weighted by molar-refractivity contribution is 7.89. The topological polar surface area (TPSA) is 50.3 Å². The minimum atomic E-state index is -3.45. The van der Waals surface area contributed by atoms with E-state index in [0.717, 1.165) is 25.7 Å². The molecule has 1 aliphatic rings. The number of nitrogens with zero attached hydrogens (tertiary/aromatic N) is 2. The van der Waals surface area contributed by atoms with E-state index in [0.29, 0.717) is 0 Å². The zero-order valence-electron chi connectivity index (χ0n) is 10.3. The van der Waals surface area contributed by atoms with Crippen LogP contribution in [0.5, 0.6) is 0 Å². The molecule has 1 fully saturated rings. The van der Waals surface area contributed by atoms with E-state index in [1.807, 2.05) is 0 Å². The molecular formula is C12H17ClN2O2S. The fourth-order valence-corrected chi connectivity index (χ4v) is 4.02. The van der Waals surface area contributed by atoms with Crippen molar-refractivity contribution in [2.45, 2.75) is 43.0 Å². The van der Waals surface area contributed by atoms with Crippen molar-refractivity contribution < 1.29 is 8.42 Å². The van der Waals surface area contributed by atoms with E-state index in [1.54, 1.807) is 7.05 Å². The summed E-state index contributed by atoms with van der Waals surface area (Å²) < 4.78 is 26.3. The van der Waals surface area contributed by atoms with Gasteiger partial charge in [-0.05, 0) is 25.0 Å². The summed E-state index contributed by atoms with van der Waals surface area (Å²) in [6.07, 6.45) is 6.70. The van der Waals surface area contributed by atoms with Gasteiger partial charge in [0.05, 0.1) is 4.90 Å². The van der Waals surface area contributed by atoms with E-state index in [9.17, 15) is 8.42 Å². The van der Waals surface area contributed by atoms with Crippen molar-refractivity contribution in [3.8, 4) is 0 Å². The molecule has 1 aliphatic carbocycles. The molecule has 100 valence electrons. The minimum Gasteiger partial charge on any atom is -0.244 e. The van der Waals surface area contributed by atoms with E-state index < -0.39 is 10.0 Å². The Balaban J connectivity index is 2.24. The molecule has 0 atom stereocenters. The second kappa shape index (κ2) is 5.55. The molecule has 0 N–H and O–H groups in total. The first-order valence-corrected chi connectivity index (χ1v) is 7.93. The van der Waals surface area contributed by atoms with Gasteiger partial charge in [-0.3, -0.25) is 0 Å². The highest BCUT2D eigenvalue weighted by Crippen LogP contribution is 2.26. The molecule has 0 amide bonds. The molecular weight excluding hydrogens is 272 g/mol. The standard InChI is InChI=1S/C12H17ClN2O2S/c1-15(10-5-3-2-4-6-10)18(16,17)11-7-8-14-12(13)9-11/h7-10H,2-6H2,1H3. The van der Waals surface area contributed by atoms with Crippen LogP contribution in [0.3, 0.4) is 0 Å². The van der Waals surface area contributed by atoms with Gasteiger partial charge in [0.25, 0.3) is 0 Å². The maximum Gasteiger partial charge on any atom is 0.243 e. The fraction of sp³-hybridized carbons (Fsp3) is 0.583. The molecule has 1 saturated carbocycles. The first kappa shape index (κ1) is 13.8. The summed E-state index contributed by atoms with van der Waals surface area (Å²) in [5, 5.41) is 0.202. The van der Waals surface area contributed by atoms with Gasteiger partial charge in [-0.1, -0.05) is 30.9 Å². The third kappa shape index (κ3) is 2.84. The van der Waals surface area contributed by atoms with E-state index in [2.05, 4.69) is 4.98 Å². The van der Waals surface area contributed by atoms with Gasteiger partial charge in [-0.15, -0.1) is 0 Å².